The number of hydrogen-bond donors (Lipinski definition) is 1. The molecule has 0 saturated heterocycles. The van der Waals surface area contributed by atoms with Gasteiger partial charge in [-0.2, -0.15) is 0 Å². The molecule has 2 unspecified atom stereocenters. The molecule has 102 valence electrons. The van der Waals surface area contributed by atoms with Crippen molar-refractivity contribution < 1.29 is 0 Å². The van der Waals surface area contributed by atoms with Crippen LogP contribution in [0.4, 0.5) is 0 Å². The number of nitrogens with two attached hydrogens (primary N) is 1. The zero-order valence-corrected chi connectivity index (χ0v) is 12.1. The lowest BCUT2D eigenvalue weighted by Gasteiger charge is -2.28. The van der Waals surface area contributed by atoms with E-state index in [-0.39, 0.29) is 0 Å². The van der Waals surface area contributed by atoms with Crippen LogP contribution in [0.5, 0.6) is 0 Å². The van der Waals surface area contributed by atoms with Gasteiger partial charge >= 0.3 is 0 Å². The first-order chi connectivity index (χ1) is 8.71. The van der Waals surface area contributed by atoms with Crippen molar-refractivity contribution in [1.29, 1.82) is 0 Å². The first-order valence-electron chi connectivity index (χ1n) is 7.18. The maximum absolute atomic E-state index is 5.94. The number of likely N-dealkylation sites (N-methyl/N-ethyl adjacent to an activating group) is 1. The van der Waals surface area contributed by atoms with Crippen LogP contribution < -0.4 is 5.73 Å². The summed E-state index contributed by atoms with van der Waals surface area (Å²) in [6.45, 7) is 10.9. The Morgan fingerprint density at radius 1 is 1.11 bits per heavy atom. The van der Waals surface area contributed by atoms with Crippen LogP contribution in [0, 0.1) is 5.92 Å². The van der Waals surface area contributed by atoms with Gasteiger partial charge in [-0.15, -0.1) is 0 Å². The largest absolute Gasteiger partial charge is 0.330 e. The first kappa shape index (κ1) is 15.2. The maximum atomic E-state index is 5.94. The molecule has 1 rings (SSSR count). The summed E-state index contributed by atoms with van der Waals surface area (Å²) in [6.07, 6.45) is 1.25. The standard InChI is InChI=1S/C16H28N2/c1-4-14(3)12-18(5-2)13-16(11-17)15-9-7-6-8-10-15/h6-10,14,16H,4-5,11-13,17H2,1-3H3. The zero-order valence-electron chi connectivity index (χ0n) is 12.1. The van der Waals surface area contributed by atoms with E-state index in [0.29, 0.717) is 5.92 Å². The highest BCUT2D eigenvalue weighted by molar-refractivity contribution is 5.20. The summed E-state index contributed by atoms with van der Waals surface area (Å²) < 4.78 is 0. The Morgan fingerprint density at radius 3 is 2.28 bits per heavy atom. The summed E-state index contributed by atoms with van der Waals surface area (Å²) in [5.41, 5.74) is 7.31. The van der Waals surface area contributed by atoms with Crippen molar-refractivity contribution in [3.63, 3.8) is 0 Å². The molecular formula is C16H28N2. The molecule has 2 nitrogen and oxygen atoms in total. The molecule has 0 heterocycles. The van der Waals surface area contributed by atoms with Crippen molar-refractivity contribution >= 4 is 0 Å². The summed E-state index contributed by atoms with van der Waals surface area (Å²) in [5.74, 6) is 1.22. The van der Waals surface area contributed by atoms with E-state index in [1.807, 2.05) is 0 Å². The highest BCUT2D eigenvalue weighted by atomic mass is 15.1. The quantitative estimate of drug-likeness (QED) is 0.766. The summed E-state index contributed by atoms with van der Waals surface area (Å²) in [4.78, 5) is 2.53. The lowest BCUT2D eigenvalue weighted by molar-refractivity contribution is 0.232. The molecule has 1 aromatic rings. The van der Waals surface area contributed by atoms with Crippen LogP contribution in [-0.4, -0.2) is 31.1 Å². The predicted octanol–water partition coefficient (Wildman–Crippen LogP) is 3.10. The SMILES string of the molecule is CCC(C)CN(CC)CC(CN)c1ccccc1. The summed E-state index contributed by atoms with van der Waals surface area (Å²) in [5, 5.41) is 0. The van der Waals surface area contributed by atoms with E-state index >= 15 is 0 Å². The molecular weight excluding hydrogens is 220 g/mol. The normalized spacial score (nSPS) is 14.7. The van der Waals surface area contributed by atoms with Gasteiger partial charge in [-0.25, -0.2) is 0 Å². The second-order valence-corrected chi connectivity index (χ2v) is 5.21. The average molecular weight is 248 g/mol. The number of hydrogen-bond acceptors (Lipinski definition) is 2. The van der Waals surface area contributed by atoms with Gasteiger partial charge in [-0.05, 0) is 18.0 Å². The second-order valence-electron chi connectivity index (χ2n) is 5.21. The molecule has 0 spiro atoms. The fourth-order valence-corrected chi connectivity index (χ4v) is 2.26. The van der Waals surface area contributed by atoms with Gasteiger partial charge in [0.1, 0.15) is 0 Å². The Morgan fingerprint density at radius 2 is 1.78 bits per heavy atom. The molecule has 18 heavy (non-hydrogen) atoms. The minimum Gasteiger partial charge on any atom is -0.330 e. The molecule has 0 amide bonds. The van der Waals surface area contributed by atoms with Gasteiger partial charge in [0.15, 0.2) is 0 Å². The number of nitrogens with zero attached hydrogens (tertiary/aromatic N) is 1. The van der Waals surface area contributed by atoms with Crippen molar-refractivity contribution in [3.8, 4) is 0 Å². The smallest absolute Gasteiger partial charge is 0.00888 e. The van der Waals surface area contributed by atoms with Gasteiger partial charge in [0, 0.05) is 25.6 Å². The molecule has 2 atom stereocenters. The number of rotatable bonds is 8. The fourth-order valence-electron chi connectivity index (χ4n) is 2.26. The van der Waals surface area contributed by atoms with Crippen LogP contribution in [-0.2, 0) is 0 Å². The lowest BCUT2D eigenvalue weighted by atomic mass is 9.98. The monoisotopic (exact) mass is 248 g/mol. The van der Waals surface area contributed by atoms with Crippen molar-refractivity contribution in [2.75, 3.05) is 26.2 Å². The third-order valence-corrected chi connectivity index (χ3v) is 3.75. The van der Waals surface area contributed by atoms with E-state index in [2.05, 4.69) is 56.0 Å². The molecule has 0 bridgehead atoms. The van der Waals surface area contributed by atoms with E-state index in [0.717, 1.165) is 25.6 Å². The van der Waals surface area contributed by atoms with E-state index < -0.39 is 0 Å². The highest BCUT2D eigenvalue weighted by Crippen LogP contribution is 2.16. The Hall–Kier alpha value is -0.860. The van der Waals surface area contributed by atoms with Crippen LogP contribution >= 0.6 is 0 Å². The Labute approximate surface area is 112 Å². The topological polar surface area (TPSA) is 29.3 Å². The summed E-state index contributed by atoms with van der Waals surface area (Å²) in [7, 11) is 0. The molecule has 2 heteroatoms. The van der Waals surface area contributed by atoms with Crippen LogP contribution in [0.2, 0.25) is 0 Å². The van der Waals surface area contributed by atoms with Crippen LogP contribution in [0.3, 0.4) is 0 Å². The summed E-state index contributed by atoms with van der Waals surface area (Å²) in [6, 6.07) is 10.6. The molecule has 0 aliphatic carbocycles. The van der Waals surface area contributed by atoms with Gasteiger partial charge in [-0.1, -0.05) is 57.5 Å². The number of benzene rings is 1. The van der Waals surface area contributed by atoms with Crippen molar-refractivity contribution in [2.45, 2.75) is 33.1 Å². The van der Waals surface area contributed by atoms with Gasteiger partial charge in [-0.3, -0.25) is 0 Å². The van der Waals surface area contributed by atoms with Gasteiger partial charge in [0.05, 0.1) is 0 Å². The molecule has 0 radical (unpaired) electrons. The molecule has 0 saturated carbocycles. The van der Waals surface area contributed by atoms with E-state index in [1.165, 1.54) is 18.5 Å². The summed E-state index contributed by atoms with van der Waals surface area (Å²) >= 11 is 0. The highest BCUT2D eigenvalue weighted by Gasteiger charge is 2.15. The van der Waals surface area contributed by atoms with Gasteiger partial charge < -0.3 is 10.6 Å². The third-order valence-electron chi connectivity index (χ3n) is 3.75. The maximum Gasteiger partial charge on any atom is 0.00888 e. The molecule has 2 N–H and O–H groups in total. The van der Waals surface area contributed by atoms with Crippen molar-refractivity contribution in [2.24, 2.45) is 11.7 Å². The molecule has 0 fully saturated rings. The van der Waals surface area contributed by atoms with Crippen molar-refractivity contribution in [3.05, 3.63) is 35.9 Å². The minimum absolute atomic E-state index is 0.454. The van der Waals surface area contributed by atoms with Crippen LogP contribution in [0.25, 0.3) is 0 Å². The lowest BCUT2D eigenvalue weighted by Crippen LogP contribution is -2.34. The average Bonchev–Trinajstić information content (AvgIpc) is 2.43. The van der Waals surface area contributed by atoms with E-state index in [9.17, 15) is 0 Å². The fraction of sp³-hybridized carbons (Fsp3) is 0.625. The van der Waals surface area contributed by atoms with Crippen molar-refractivity contribution in [1.82, 2.24) is 4.90 Å². The predicted molar refractivity (Wildman–Crippen MR) is 79.8 cm³/mol. The van der Waals surface area contributed by atoms with Crippen LogP contribution in [0.1, 0.15) is 38.7 Å². The van der Waals surface area contributed by atoms with E-state index in [1.54, 1.807) is 0 Å². The second kappa shape index (κ2) is 8.28. The van der Waals surface area contributed by atoms with E-state index in [4.69, 9.17) is 5.73 Å². The third kappa shape index (κ3) is 4.79. The molecule has 0 aromatic heterocycles. The Balaban J connectivity index is 2.61. The first-order valence-corrected chi connectivity index (χ1v) is 7.18. The Bertz CT molecular complexity index is 310. The Kier molecular flexibility index (Phi) is 6.99. The minimum atomic E-state index is 0.454. The molecule has 0 aliphatic heterocycles. The van der Waals surface area contributed by atoms with Gasteiger partial charge in [0.2, 0.25) is 0 Å². The zero-order chi connectivity index (χ0) is 13.4. The molecule has 0 aliphatic rings. The van der Waals surface area contributed by atoms with Crippen LogP contribution in [0.15, 0.2) is 30.3 Å². The molecule has 1 aromatic carbocycles. The van der Waals surface area contributed by atoms with Gasteiger partial charge in [0.25, 0.3) is 0 Å².